The van der Waals surface area contributed by atoms with Crippen molar-refractivity contribution in [1.29, 1.82) is 0 Å². The Balaban J connectivity index is 1.79. The average molecular weight is 463 g/mol. The van der Waals surface area contributed by atoms with Crippen molar-refractivity contribution in [2.75, 3.05) is 4.31 Å². The quantitative estimate of drug-likeness (QED) is 0.383. The maximum Gasteiger partial charge on any atom is 0.254 e. The van der Waals surface area contributed by atoms with Crippen LogP contribution in [0.15, 0.2) is 85.1 Å². The first-order valence-electron chi connectivity index (χ1n) is 10.4. The molecule has 0 fully saturated rings. The molecule has 1 aromatic heterocycles. The summed E-state index contributed by atoms with van der Waals surface area (Å²) in [5.41, 5.74) is 1.53. The van der Waals surface area contributed by atoms with Crippen LogP contribution >= 0.6 is 0 Å². The molecular formula is C25H21FN3O3S-. The summed E-state index contributed by atoms with van der Waals surface area (Å²) in [6.45, 7) is 1.92. The number of rotatable bonds is 7. The van der Waals surface area contributed by atoms with Crippen molar-refractivity contribution in [2.24, 2.45) is 0 Å². The molecule has 1 N–H and O–H groups in total. The number of nitrogens with one attached hydrogen (secondary N) is 1. The topological polar surface area (TPSA) is 85.4 Å². The van der Waals surface area contributed by atoms with E-state index in [0.29, 0.717) is 11.9 Å². The smallest absolute Gasteiger partial charge is 0.254 e. The number of fused-ring (bicyclic) bond motifs is 1. The highest BCUT2D eigenvalue weighted by atomic mass is 32.2. The zero-order valence-corrected chi connectivity index (χ0v) is 18.6. The number of anilines is 2. The Hall–Kier alpha value is -3.62. The van der Waals surface area contributed by atoms with Gasteiger partial charge >= 0.3 is 0 Å². The molecule has 33 heavy (non-hydrogen) atoms. The van der Waals surface area contributed by atoms with Crippen molar-refractivity contribution >= 4 is 39.5 Å². The molecular weight excluding hydrogens is 441 g/mol. The monoisotopic (exact) mass is 462 g/mol. The normalized spacial score (nSPS) is 12.8. The Bertz CT molecular complexity index is 1310. The van der Waals surface area contributed by atoms with Gasteiger partial charge in [-0.15, -0.1) is 0 Å². The third kappa shape index (κ3) is 4.76. The molecule has 8 heteroatoms. The van der Waals surface area contributed by atoms with E-state index in [9.17, 15) is 17.9 Å². The first-order valence-corrected chi connectivity index (χ1v) is 11.4. The van der Waals surface area contributed by atoms with E-state index in [-0.39, 0.29) is 23.0 Å². The van der Waals surface area contributed by atoms with E-state index in [1.54, 1.807) is 24.4 Å². The molecule has 3 aromatic carbocycles. The summed E-state index contributed by atoms with van der Waals surface area (Å²) in [4.78, 5) is 17.6. The van der Waals surface area contributed by atoms with Crippen LogP contribution in [-0.2, 0) is 11.3 Å². The van der Waals surface area contributed by atoms with E-state index in [0.717, 1.165) is 27.4 Å². The highest BCUT2D eigenvalue weighted by Gasteiger charge is 2.23. The lowest BCUT2D eigenvalue weighted by Gasteiger charge is -2.29. The number of pyridine rings is 1. The van der Waals surface area contributed by atoms with Gasteiger partial charge in [-0.25, -0.2) is 4.39 Å². The fourth-order valence-electron chi connectivity index (χ4n) is 3.75. The summed E-state index contributed by atoms with van der Waals surface area (Å²) < 4.78 is 39.9. The van der Waals surface area contributed by atoms with Gasteiger partial charge in [0.2, 0.25) is 0 Å². The highest BCUT2D eigenvalue weighted by molar-refractivity contribution is 7.81. The third-order valence-corrected chi connectivity index (χ3v) is 6.01. The Morgan fingerprint density at radius 2 is 1.82 bits per heavy atom. The van der Waals surface area contributed by atoms with E-state index in [4.69, 9.17) is 0 Å². The van der Waals surface area contributed by atoms with E-state index in [1.165, 1.54) is 6.07 Å². The molecule has 0 aliphatic heterocycles. The van der Waals surface area contributed by atoms with Gasteiger partial charge in [0.25, 0.3) is 5.91 Å². The zero-order chi connectivity index (χ0) is 23.4. The van der Waals surface area contributed by atoms with Gasteiger partial charge < -0.3 is 9.87 Å². The molecule has 0 saturated heterocycles. The molecule has 6 nitrogen and oxygen atoms in total. The third-order valence-electron chi connectivity index (χ3n) is 5.32. The second kappa shape index (κ2) is 9.89. The molecule has 0 radical (unpaired) electrons. The number of carbonyl (C=O) groups is 1. The van der Waals surface area contributed by atoms with Gasteiger partial charge in [0.05, 0.1) is 39.8 Å². The summed E-state index contributed by atoms with van der Waals surface area (Å²) in [5.74, 6) is -1.23. The summed E-state index contributed by atoms with van der Waals surface area (Å²) in [6.07, 6.45) is 2.16. The Labute approximate surface area is 193 Å². The van der Waals surface area contributed by atoms with Crippen LogP contribution in [0.4, 0.5) is 15.8 Å². The van der Waals surface area contributed by atoms with Crippen LogP contribution in [-0.4, -0.2) is 19.7 Å². The number of para-hydroxylation sites is 1. The number of hydrogen-bond acceptors (Lipinski definition) is 4. The minimum Gasteiger partial charge on any atom is -0.755 e. The molecule has 0 aliphatic carbocycles. The summed E-state index contributed by atoms with van der Waals surface area (Å²) in [5, 5.41) is 3.63. The lowest BCUT2D eigenvalue weighted by atomic mass is 10.0. The van der Waals surface area contributed by atoms with Crippen molar-refractivity contribution in [3.63, 3.8) is 0 Å². The van der Waals surface area contributed by atoms with E-state index < -0.39 is 23.0 Å². The maximum absolute atomic E-state index is 14.2. The van der Waals surface area contributed by atoms with Gasteiger partial charge in [0.15, 0.2) is 0 Å². The van der Waals surface area contributed by atoms with Gasteiger partial charge in [-0.1, -0.05) is 55.5 Å². The van der Waals surface area contributed by atoms with Crippen LogP contribution in [0.2, 0.25) is 0 Å². The predicted octanol–water partition coefficient (Wildman–Crippen LogP) is 5.19. The second-order valence-corrected chi connectivity index (χ2v) is 8.17. The summed E-state index contributed by atoms with van der Waals surface area (Å²) >= 11 is -2.80. The standard InChI is InChI=1S/C25H22FN3O3S/c1-2-21(17-8-4-3-5-9-17)28-25(30)20-16-19(26)13-14-22(20)29(33(31)32)23-12-6-10-18-11-7-15-27-24(18)23/h3-16,21H,2H2,1H3,(H,28,30)(H,31,32)/p-1. The van der Waals surface area contributed by atoms with Crippen LogP contribution in [0, 0.1) is 5.82 Å². The van der Waals surface area contributed by atoms with Gasteiger partial charge in [0.1, 0.15) is 5.82 Å². The SMILES string of the molecule is CCC(NC(=O)c1cc(F)ccc1N(c1cccc2cccnc12)S(=O)[O-])c1ccccc1. The first kappa shape index (κ1) is 22.6. The fraction of sp³-hybridized carbons (Fsp3) is 0.120. The van der Waals surface area contributed by atoms with Crippen LogP contribution in [0.5, 0.6) is 0 Å². The molecule has 2 unspecified atom stereocenters. The van der Waals surface area contributed by atoms with Gasteiger partial charge in [-0.2, -0.15) is 0 Å². The van der Waals surface area contributed by atoms with Gasteiger partial charge in [-0.3, -0.25) is 18.3 Å². The largest absolute Gasteiger partial charge is 0.755 e. The molecule has 0 spiro atoms. The zero-order valence-electron chi connectivity index (χ0n) is 17.8. The van der Waals surface area contributed by atoms with Crippen molar-refractivity contribution < 1.29 is 17.9 Å². The van der Waals surface area contributed by atoms with Gasteiger partial charge in [0, 0.05) is 11.6 Å². The van der Waals surface area contributed by atoms with E-state index >= 15 is 0 Å². The van der Waals surface area contributed by atoms with Crippen LogP contribution in [0.3, 0.4) is 0 Å². The fourth-order valence-corrected chi connectivity index (χ4v) is 4.38. The number of nitrogens with zero attached hydrogens (tertiary/aromatic N) is 2. The minimum atomic E-state index is -2.80. The summed E-state index contributed by atoms with van der Waals surface area (Å²) in [7, 11) is 0. The molecule has 4 aromatic rings. The lowest BCUT2D eigenvalue weighted by Crippen LogP contribution is -2.30. The number of amides is 1. The second-order valence-electron chi connectivity index (χ2n) is 7.37. The van der Waals surface area contributed by atoms with Crippen molar-refractivity contribution in [2.45, 2.75) is 19.4 Å². The van der Waals surface area contributed by atoms with Crippen molar-refractivity contribution in [3.8, 4) is 0 Å². The van der Waals surface area contributed by atoms with Crippen molar-refractivity contribution in [1.82, 2.24) is 10.3 Å². The minimum absolute atomic E-state index is 0.0308. The molecule has 168 valence electrons. The Morgan fingerprint density at radius 3 is 2.55 bits per heavy atom. The highest BCUT2D eigenvalue weighted by Crippen LogP contribution is 2.35. The number of hydrogen-bond donors (Lipinski definition) is 1. The van der Waals surface area contributed by atoms with Gasteiger partial charge in [-0.05, 0) is 42.3 Å². The van der Waals surface area contributed by atoms with E-state index in [2.05, 4.69) is 10.3 Å². The number of aromatic nitrogens is 1. The number of halogens is 1. The van der Waals surface area contributed by atoms with Crippen LogP contribution < -0.4 is 9.62 Å². The first-order chi connectivity index (χ1) is 16.0. The molecule has 0 saturated carbocycles. The van der Waals surface area contributed by atoms with Crippen LogP contribution in [0.25, 0.3) is 10.9 Å². The average Bonchev–Trinajstić information content (AvgIpc) is 2.84. The lowest BCUT2D eigenvalue weighted by molar-refractivity contribution is 0.0936. The molecule has 0 aliphatic rings. The molecule has 1 amide bonds. The predicted molar refractivity (Wildman–Crippen MR) is 126 cm³/mol. The molecule has 4 rings (SSSR count). The van der Waals surface area contributed by atoms with Crippen molar-refractivity contribution in [3.05, 3.63) is 102 Å². The Morgan fingerprint density at radius 1 is 1.06 bits per heavy atom. The van der Waals surface area contributed by atoms with E-state index in [1.807, 2.05) is 49.4 Å². The van der Waals surface area contributed by atoms with Crippen LogP contribution in [0.1, 0.15) is 35.3 Å². The molecule has 2 atom stereocenters. The molecule has 1 heterocycles. The number of benzene rings is 3. The number of carbonyl (C=O) groups excluding carboxylic acids is 1. The summed E-state index contributed by atoms with van der Waals surface area (Å²) in [6, 6.07) is 21.2. The molecule has 0 bridgehead atoms. The Kier molecular flexibility index (Phi) is 6.76. The maximum atomic E-state index is 14.2.